The van der Waals surface area contributed by atoms with E-state index in [0.717, 1.165) is 44.2 Å². The number of nitrogens with zero attached hydrogens (tertiary/aromatic N) is 5. The van der Waals surface area contributed by atoms with Crippen LogP contribution in [-0.2, 0) is 6.18 Å². The van der Waals surface area contributed by atoms with Gasteiger partial charge in [-0.1, -0.05) is 6.92 Å². The van der Waals surface area contributed by atoms with Crippen LogP contribution in [0.4, 0.5) is 30.8 Å². The first-order valence-corrected chi connectivity index (χ1v) is 11.5. The maximum Gasteiger partial charge on any atom is 0.416 e. The number of fused-ring (bicyclic) bond motifs is 1. The molecule has 2 heterocycles. The molecular formula is C24H28F3N7. The van der Waals surface area contributed by atoms with Crippen molar-refractivity contribution in [1.29, 1.82) is 5.26 Å². The van der Waals surface area contributed by atoms with Crippen molar-refractivity contribution in [3.63, 3.8) is 0 Å². The molecule has 1 aliphatic carbocycles. The molecule has 0 saturated heterocycles. The fourth-order valence-corrected chi connectivity index (χ4v) is 4.11. The summed E-state index contributed by atoms with van der Waals surface area (Å²) in [6, 6.07) is 7.28. The van der Waals surface area contributed by atoms with Gasteiger partial charge in [0.05, 0.1) is 17.8 Å². The number of imidazole rings is 1. The van der Waals surface area contributed by atoms with Gasteiger partial charge in [0.1, 0.15) is 5.52 Å². The van der Waals surface area contributed by atoms with E-state index in [-0.39, 0.29) is 17.5 Å². The number of anilines is 3. The highest BCUT2D eigenvalue weighted by Gasteiger charge is 2.30. The van der Waals surface area contributed by atoms with Crippen molar-refractivity contribution in [1.82, 2.24) is 19.5 Å². The molecule has 0 unspecified atom stereocenters. The first kappa shape index (κ1) is 23.8. The fourth-order valence-electron chi connectivity index (χ4n) is 4.11. The Balaban J connectivity index is 1.72. The topological polar surface area (TPSA) is 91.5 Å². The number of alkyl halides is 3. The third kappa shape index (κ3) is 5.08. The summed E-state index contributed by atoms with van der Waals surface area (Å²) >= 11 is 0. The number of hydrogen-bond donors (Lipinski definition) is 2. The van der Waals surface area contributed by atoms with Gasteiger partial charge in [-0.15, -0.1) is 0 Å². The number of benzene rings is 1. The molecule has 10 heteroatoms. The second-order valence-electron chi connectivity index (χ2n) is 9.40. The molecule has 0 spiro atoms. The van der Waals surface area contributed by atoms with E-state index in [1.807, 2.05) is 4.57 Å². The lowest BCUT2D eigenvalue weighted by molar-refractivity contribution is -0.137. The zero-order chi connectivity index (χ0) is 24.5. The average molecular weight is 472 g/mol. The van der Waals surface area contributed by atoms with E-state index in [1.54, 1.807) is 6.20 Å². The van der Waals surface area contributed by atoms with Crippen LogP contribution in [0.5, 0.6) is 0 Å². The van der Waals surface area contributed by atoms with Crippen molar-refractivity contribution < 1.29 is 13.2 Å². The Morgan fingerprint density at radius 2 is 1.76 bits per heavy atom. The fraction of sp³-hybridized carbons (Fsp3) is 0.500. The molecule has 1 aliphatic rings. The Bertz CT molecular complexity index is 1180. The van der Waals surface area contributed by atoms with Crippen LogP contribution in [0.2, 0.25) is 0 Å². The third-order valence-electron chi connectivity index (χ3n) is 6.48. The molecule has 1 aromatic carbocycles. The van der Waals surface area contributed by atoms with Gasteiger partial charge >= 0.3 is 6.18 Å². The van der Waals surface area contributed by atoms with Crippen LogP contribution in [0.3, 0.4) is 0 Å². The minimum Gasteiger partial charge on any atom is -0.349 e. The molecule has 180 valence electrons. The molecule has 0 aliphatic heterocycles. The molecule has 0 amide bonds. The van der Waals surface area contributed by atoms with Crippen LogP contribution in [0.1, 0.15) is 64.5 Å². The third-order valence-corrected chi connectivity index (χ3v) is 6.48. The molecule has 1 fully saturated rings. The number of hydrogen-bond acceptors (Lipinski definition) is 6. The van der Waals surface area contributed by atoms with Gasteiger partial charge in [-0.3, -0.25) is 4.57 Å². The lowest BCUT2D eigenvalue weighted by atomic mass is 9.87. The zero-order valence-corrected chi connectivity index (χ0v) is 19.4. The molecule has 34 heavy (non-hydrogen) atoms. The second-order valence-corrected chi connectivity index (χ2v) is 9.40. The standard InChI is InChI=1S/C24H28F3N7/c1-4-23(2,3)33-21-29-14-19-20(32-21)34(18-11-5-15(13-28)6-12-18)22(31-19)30-17-9-7-16(8-10-17)24(25,26)27/h7-10,14-15,18H,4-6,11-12H2,1-3H3,(H,30,31)(H,29,32,33). The van der Waals surface area contributed by atoms with E-state index < -0.39 is 11.7 Å². The number of nitrogens with one attached hydrogen (secondary N) is 2. The predicted molar refractivity (Wildman–Crippen MR) is 125 cm³/mol. The van der Waals surface area contributed by atoms with Gasteiger partial charge in [0, 0.05) is 23.2 Å². The van der Waals surface area contributed by atoms with Crippen molar-refractivity contribution in [3.8, 4) is 6.07 Å². The van der Waals surface area contributed by atoms with Crippen molar-refractivity contribution in [3.05, 3.63) is 36.0 Å². The summed E-state index contributed by atoms with van der Waals surface area (Å²) < 4.78 is 40.9. The maximum atomic E-state index is 13.0. The van der Waals surface area contributed by atoms with Crippen molar-refractivity contribution in [2.75, 3.05) is 10.6 Å². The highest BCUT2D eigenvalue weighted by molar-refractivity contribution is 5.76. The SMILES string of the molecule is CCC(C)(C)Nc1ncc2nc(Nc3ccc(C(F)(F)F)cc3)n(C3CCC(C#N)CC3)c2n1. The Hall–Kier alpha value is -3.35. The summed E-state index contributed by atoms with van der Waals surface area (Å²) in [5, 5.41) is 15.8. The minimum absolute atomic E-state index is 0.0366. The van der Waals surface area contributed by atoms with Crippen molar-refractivity contribution in [2.45, 2.75) is 70.6 Å². The summed E-state index contributed by atoms with van der Waals surface area (Å²) in [7, 11) is 0. The maximum absolute atomic E-state index is 13.0. The summed E-state index contributed by atoms with van der Waals surface area (Å²) in [5.41, 5.74) is 0.844. The summed E-state index contributed by atoms with van der Waals surface area (Å²) in [6.07, 6.45) is 1.28. The molecule has 2 N–H and O–H groups in total. The molecule has 7 nitrogen and oxygen atoms in total. The van der Waals surface area contributed by atoms with Gasteiger partial charge < -0.3 is 10.6 Å². The Morgan fingerprint density at radius 3 is 2.35 bits per heavy atom. The average Bonchev–Trinajstić information content (AvgIpc) is 3.15. The zero-order valence-electron chi connectivity index (χ0n) is 19.4. The van der Waals surface area contributed by atoms with Crippen LogP contribution >= 0.6 is 0 Å². The Morgan fingerprint density at radius 1 is 1.09 bits per heavy atom. The molecule has 2 aromatic heterocycles. The number of aromatic nitrogens is 4. The Labute approximate surface area is 196 Å². The van der Waals surface area contributed by atoms with Gasteiger partial charge in [0.15, 0.2) is 5.65 Å². The second kappa shape index (κ2) is 9.12. The van der Waals surface area contributed by atoms with E-state index in [9.17, 15) is 18.4 Å². The van der Waals surface area contributed by atoms with E-state index in [2.05, 4.69) is 47.4 Å². The predicted octanol–water partition coefficient (Wildman–Crippen LogP) is 6.44. The summed E-state index contributed by atoms with van der Waals surface area (Å²) in [6.45, 7) is 6.22. The van der Waals surface area contributed by atoms with Crippen molar-refractivity contribution in [2.24, 2.45) is 5.92 Å². The Kier molecular flexibility index (Phi) is 6.39. The van der Waals surface area contributed by atoms with E-state index in [4.69, 9.17) is 4.98 Å². The van der Waals surface area contributed by atoms with Crippen LogP contribution < -0.4 is 10.6 Å². The smallest absolute Gasteiger partial charge is 0.349 e. The van der Waals surface area contributed by atoms with Crippen LogP contribution in [0, 0.1) is 17.2 Å². The monoisotopic (exact) mass is 471 g/mol. The van der Waals surface area contributed by atoms with Gasteiger partial charge in [-0.25, -0.2) is 9.97 Å². The molecule has 3 aromatic rings. The van der Waals surface area contributed by atoms with Gasteiger partial charge in [0.25, 0.3) is 0 Å². The summed E-state index contributed by atoms with van der Waals surface area (Å²) in [5.74, 6) is 1.03. The number of halogens is 3. The molecule has 0 radical (unpaired) electrons. The van der Waals surface area contributed by atoms with E-state index >= 15 is 0 Å². The quantitative estimate of drug-likeness (QED) is 0.430. The van der Waals surface area contributed by atoms with E-state index in [0.29, 0.717) is 28.7 Å². The summed E-state index contributed by atoms with van der Waals surface area (Å²) in [4.78, 5) is 13.8. The molecule has 4 rings (SSSR count). The largest absolute Gasteiger partial charge is 0.416 e. The van der Waals surface area contributed by atoms with Crippen LogP contribution in [0.15, 0.2) is 30.5 Å². The first-order chi connectivity index (χ1) is 16.1. The van der Waals surface area contributed by atoms with Crippen LogP contribution in [-0.4, -0.2) is 25.1 Å². The van der Waals surface area contributed by atoms with Gasteiger partial charge in [0.2, 0.25) is 11.9 Å². The highest BCUT2D eigenvalue weighted by Crippen LogP contribution is 2.37. The molecule has 0 atom stereocenters. The highest BCUT2D eigenvalue weighted by atomic mass is 19.4. The molecular weight excluding hydrogens is 443 g/mol. The normalized spacial score (nSPS) is 19.1. The molecule has 1 saturated carbocycles. The lowest BCUT2D eigenvalue weighted by Gasteiger charge is -2.28. The van der Waals surface area contributed by atoms with Crippen LogP contribution in [0.25, 0.3) is 11.2 Å². The molecule has 0 bridgehead atoms. The first-order valence-electron chi connectivity index (χ1n) is 11.5. The lowest BCUT2D eigenvalue weighted by Crippen LogP contribution is -2.30. The number of rotatable bonds is 6. The van der Waals surface area contributed by atoms with Gasteiger partial charge in [-0.2, -0.15) is 23.4 Å². The van der Waals surface area contributed by atoms with Crippen molar-refractivity contribution >= 4 is 28.7 Å². The van der Waals surface area contributed by atoms with E-state index in [1.165, 1.54) is 12.1 Å². The number of nitriles is 1. The minimum atomic E-state index is -4.39. The van der Waals surface area contributed by atoms with Gasteiger partial charge in [-0.05, 0) is 70.2 Å².